The average molecular weight is 215 g/mol. The van der Waals surface area contributed by atoms with E-state index in [0.29, 0.717) is 6.42 Å². The summed E-state index contributed by atoms with van der Waals surface area (Å²) in [6.07, 6.45) is -0.0991. The van der Waals surface area contributed by atoms with Gasteiger partial charge in [0.1, 0.15) is 0 Å². The molecule has 1 atom stereocenters. The van der Waals surface area contributed by atoms with Crippen LogP contribution >= 0.6 is 0 Å². The Bertz CT molecular complexity index is 229. The third-order valence-corrected chi connectivity index (χ3v) is 2.88. The second kappa shape index (κ2) is 4.52. The van der Waals surface area contributed by atoms with Crippen LogP contribution in [0.5, 0.6) is 0 Å². The molecule has 0 aromatic heterocycles. The lowest BCUT2D eigenvalue weighted by molar-refractivity contribution is -0.319. The van der Waals surface area contributed by atoms with E-state index in [2.05, 4.69) is 0 Å². The first-order valence-electron chi connectivity index (χ1n) is 5.40. The first kappa shape index (κ1) is 14.4. The number of carbonyl (C=O) groups excluding carboxylic acids is 1. The molecule has 15 heavy (non-hydrogen) atoms. The summed E-state index contributed by atoms with van der Waals surface area (Å²) < 4.78 is 0. The maximum absolute atomic E-state index is 10.9. The molecule has 0 heterocycles. The van der Waals surface area contributed by atoms with E-state index in [9.17, 15) is 15.0 Å². The molecule has 0 fully saturated rings. The summed E-state index contributed by atoms with van der Waals surface area (Å²) in [5, 5.41) is 20.9. The highest BCUT2D eigenvalue weighted by Crippen LogP contribution is 2.38. The van der Waals surface area contributed by atoms with Gasteiger partial charge in [-0.25, -0.2) is 0 Å². The van der Waals surface area contributed by atoms with Gasteiger partial charge in [-0.05, 0) is 17.8 Å². The normalized spacial score (nSPS) is 15.5. The largest absolute Gasteiger partial charge is 0.550 e. The Morgan fingerprint density at radius 1 is 1.27 bits per heavy atom. The summed E-state index contributed by atoms with van der Waals surface area (Å²) in [5.74, 6) is -0.941. The number of rotatable bonds is 5. The van der Waals surface area contributed by atoms with Crippen LogP contribution in [-0.4, -0.2) is 17.2 Å². The maximum atomic E-state index is 10.9. The molecule has 0 aromatic rings. The van der Waals surface area contributed by atoms with Gasteiger partial charge < -0.3 is 15.0 Å². The SMILES string of the molecule is CC(C)C(O)C(C)(C)CC(C)(C)C(=O)[O-]. The molecule has 0 aliphatic rings. The van der Waals surface area contributed by atoms with Gasteiger partial charge in [-0.3, -0.25) is 0 Å². The smallest absolute Gasteiger partial charge is 0.0614 e. The molecule has 0 saturated carbocycles. The number of carboxylic acids is 1. The highest BCUT2D eigenvalue weighted by Gasteiger charge is 2.36. The zero-order valence-electron chi connectivity index (χ0n) is 10.6. The quantitative estimate of drug-likeness (QED) is 0.749. The maximum Gasteiger partial charge on any atom is 0.0614 e. The molecule has 0 rings (SSSR count). The average Bonchev–Trinajstić information content (AvgIpc) is 2.00. The predicted octanol–water partition coefficient (Wildman–Crippen LogP) is 1.20. The molecule has 1 N–H and O–H groups in total. The van der Waals surface area contributed by atoms with Crippen molar-refractivity contribution in [2.45, 2.75) is 54.1 Å². The van der Waals surface area contributed by atoms with Gasteiger partial charge in [0, 0.05) is 11.4 Å². The van der Waals surface area contributed by atoms with Crippen molar-refractivity contribution in [1.29, 1.82) is 0 Å². The Morgan fingerprint density at radius 3 is 1.93 bits per heavy atom. The number of hydrogen-bond donors (Lipinski definition) is 1. The molecule has 90 valence electrons. The molecule has 0 radical (unpaired) electrons. The number of aliphatic carboxylic acids is 1. The Kier molecular flexibility index (Phi) is 4.35. The fourth-order valence-corrected chi connectivity index (χ4v) is 2.22. The molecule has 0 aliphatic carbocycles. The molecular weight excluding hydrogens is 192 g/mol. The highest BCUT2D eigenvalue weighted by molar-refractivity contribution is 5.71. The van der Waals surface area contributed by atoms with Crippen molar-refractivity contribution >= 4 is 5.97 Å². The van der Waals surface area contributed by atoms with E-state index in [1.165, 1.54) is 0 Å². The molecule has 0 saturated heterocycles. The number of carbonyl (C=O) groups is 1. The zero-order chi connectivity index (χ0) is 12.4. The van der Waals surface area contributed by atoms with E-state index >= 15 is 0 Å². The Labute approximate surface area is 92.5 Å². The standard InChI is InChI=1S/C12H24O3/c1-8(2)9(13)11(3,4)7-12(5,6)10(14)15/h8-9,13H,7H2,1-6H3,(H,14,15)/p-1. The van der Waals surface area contributed by atoms with Gasteiger partial charge in [0.05, 0.1) is 6.10 Å². The van der Waals surface area contributed by atoms with Crippen LogP contribution in [0.1, 0.15) is 48.0 Å². The summed E-state index contributed by atoms with van der Waals surface area (Å²) in [7, 11) is 0. The van der Waals surface area contributed by atoms with Gasteiger partial charge in [-0.1, -0.05) is 41.5 Å². The molecule has 0 aliphatic heterocycles. The minimum absolute atomic E-state index is 0.123. The summed E-state index contributed by atoms with van der Waals surface area (Å²) >= 11 is 0. The molecule has 3 nitrogen and oxygen atoms in total. The van der Waals surface area contributed by atoms with E-state index in [-0.39, 0.29) is 5.92 Å². The van der Waals surface area contributed by atoms with Crippen molar-refractivity contribution < 1.29 is 15.0 Å². The lowest BCUT2D eigenvalue weighted by atomic mass is 9.70. The molecule has 0 aromatic carbocycles. The van der Waals surface area contributed by atoms with Gasteiger partial charge in [0.2, 0.25) is 0 Å². The van der Waals surface area contributed by atoms with Crippen LogP contribution in [0.2, 0.25) is 0 Å². The second-order valence-electron chi connectivity index (χ2n) is 6.03. The lowest BCUT2D eigenvalue weighted by Crippen LogP contribution is -2.44. The third-order valence-electron chi connectivity index (χ3n) is 2.88. The van der Waals surface area contributed by atoms with Gasteiger partial charge in [-0.2, -0.15) is 0 Å². The topological polar surface area (TPSA) is 60.4 Å². The van der Waals surface area contributed by atoms with Crippen molar-refractivity contribution in [1.82, 2.24) is 0 Å². The van der Waals surface area contributed by atoms with Crippen molar-refractivity contribution in [3.05, 3.63) is 0 Å². The van der Waals surface area contributed by atoms with Gasteiger partial charge in [0.25, 0.3) is 0 Å². The van der Waals surface area contributed by atoms with E-state index in [1.807, 2.05) is 27.7 Å². The van der Waals surface area contributed by atoms with E-state index < -0.39 is 22.9 Å². The summed E-state index contributed by atoms with van der Waals surface area (Å²) in [6.45, 7) is 10.9. The van der Waals surface area contributed by atoms with Crippen LogP contribution in [0.15, 0.2) is 0 Å². The lowest BCUT2D eigenvalue weighted by Gasteiger charge is -2.40. The first-order chi connectivity index (χ1) is 6.50. The van der Waals surface area contributed by atoms with Gasteiger partial charge >= 0.3 is 0 Å². The van der Waals surface area contributed by atoms with Crippen LogP contribution in [-0.2, 0) is 4.79 Å². The number of carboxylic acid groups (broad SMARTS) is 1. The minimum Gasteiger partial charge on any atom is -0.550 e. The molecule has 1 unspecified atom stereocenters. The van der Waals surface area contributed by atoms with Crippen LogP contribution in [0.25, 0.3) is 0 Å². The summed E-state index contributed by atoms with van der Waals surface area (Å²) in [5.41, 5.74) is -1.32. The fourth-order valence-electron chi connectivity index (χ4n) is 2.22. The van der Waals surface area contributed by atoms with E-state index in [4.69, 9.17) is 0 Å². The van der Waals surface area contributed by atoms with Crippen molar-refractivity contribution in [3.8, 4) is 0 Å². The molecule has 0 spiro atoms. The van der Waals surface area contributed by atoms with Crippen LogP contribution in [0.4, 0.5) is 0 Å². The molecule has 3 heteroatoms. The molecule has 0 bridgehead atoms. The summed E-state index contributed by atoms with van der Waals surface area (Å²) in [4.78, 5) is 10.9. The molecular formula is C12H23O3-. The van der Waals surface area contributed by atoms with Crippen molar-refractivity contribution in [2.24, 2.45) is 16.7 Å². The monoisotopic (exact) mass is 215 g/mol. The Balaban J connectivity index is 4.70. The Morgan fingerprint density at radius 2 is 1.67 bits per heavy atom. The number of hydrogen-bond acceptors (Lipinski definition) is 3. The number of aliphatic hydroxyl groups is 1. The van der Waals surface area contributed by atoms with Gasteiger partial charge in [0.15, 0.2) is 0 Å². The fraction of sp³-hybridized carbons (Fsp3) is 0.917. The van der Waals surface area contributed by atoms with Crippen LogP contribution in [0, 0.1) is 16.7 Å². The predicted molar refractivity (Wildman–Crippen MR) is 58.0 cm³/mol. The van der Waals surface area contributed by atoms with E-state index in [0.717, 1.165) is 0 Å². The zero-order valence-corrected chi connectivity index (χ0v) is 10.6. The number of aliphatic hydroxyl groups excluding tert-OH is 1. The highest BCUT2D eigenvalue weighted by atomic mass is 16.4. The second-order valence-corrected chi connectivity index (χ2v) is 6.03. The van der Waals surface area contributed by atoms with Crippen LogP contribution < -0.4 is 5.11 Å². The third kappa shape index (κ3) is 3.82. The molecule has 0 amide bonds. The van der Waals surface area contributed by atoms with Crippen LogP contribution in [0.3, 0.4) is 0 Å². The van der Waals surface area contributed by atoms with Crippen molar-refractivity contribution in [3.63, 3.8) is 0 Å². The van der Waals surface area contributed by atoms with Gasteiger partial charge in [-0.15, -0.1) is 0 Å². The first-order valence-corrected chi connectivity index (χ1v) is 5.40. The Hall–Kier alpha value is -0.570. The minimum atomic E-state index is -1.06. The van der Waals surface area contributed by atoms with Crippen molar-refractivity contribution in [2.75, 3.05) is 0 Å². The van der Waals surface area contributed by atoms with E-state index in [1.54, 1.807) is 13.8 Å². The summed E-state index contributed by atoms with van der Waals surface area (Å²) in [6, 6.07) is 0.